The van der Waals surface area contributed by atoms with E-state index in [4.69, 9.17) is 4.42 Å². The van der Waals surface area contributed by atoms with Gasteiger partial charge in [0.25, 0.3) is 0 Å². The summed E-state index contributed by atoms with van der Waals surface area (Å²) in [6.45, 7) is 3.21. The molecule has 3 heteroatoms. The van der Waals surface area contributed by atoms with Crippen molar-refractivity contribution in [2.75, 3.05) is 6.54 Å². The molecule has 1 aromatic heterocycles. The highest BCUT2D eigenvalue weighted by Gasteiger charge is 2.24. The van der Waals surface area contributed by atoms with Gasteiger partial charge in [0.1, 0.15) is 5.52 Å². The predicted octanol–water partition coefficient (Wildman–Crippen LogP) is 4.32. The molecule has 1 fully saturated rings. The molecule has 3 nitrogen and oxygen atoms in total. The Morgan fingerprint density at radius 1 is 1.19 bits per heavy atom. The Morgan fingerprint density at radius 2 is 1.95 bits per heavy atom. The second kappa shape index (κ2) is 7.08. The molecule has 0 spiro atoms. The molecule has 114 valence electrons. The Labute approximate surface area is 127 Å². The lowest BCUT2D eigenvalue weighted by Crippen LogP contribution is -2.38. The molecule has 1 atom stereocenters. The van der Waals surface area contributed by atoms with Crippen LogP contribution >= 0.6 is 0 Å². The van der Waals surface area contributed by atoms with E-state index in [1.807, 2.05) is 24.3 Å². The number of nitrogens with one attached hydrogen (secondary N) is 1. The zero-order chi connectivity index (χ0) is 14.5. The summed E-state index contributed by atoms with van der Waals surface area (Å²) >= 11 is 0. The largest absolute Gasteiger partial charge is 0.441 e. The molecule has 0 amide bonds. The quantitative estimate of drug-likeness (QED) is 0.832. The molecule has 1 saturated carbocycles. The van der Waals surface area contributed by atoms with Gasteiger partial charge in [-0.3, -0.25) is 0 Å². The number of fused-ring (bicyclic) bond motifs is 1. The van der Waals surface area contributed by atoms with Gasteiger partial charge < -0.3 is 9.73 Å². The van der Waals surface area contributed by atoms with Gasteiger partial charge in [0.2, 0.25) is 0 Å². The Morgan fingerprint density at radius 3 is 2.67 bits per heavy atom. The van der Waals surface area contributed by atoms with E-state index in [-0.39, 0.29) is 0 Å². The normalized spacial score (nSPS) is 18.7. The Balaban J connectivity index is 1.74. The summed E-state index contributed by atoms with van der Waals surface area (Å²) in [6, 6.07) is 8.54. The van der Waals surface area contributed by atoms with Crippen molar-refractivity contribution in [3.05, 3.63) is 30.2 Å². The topological polar surface area (TPSA) is 38.1 Å². The van der Waals surface area contributed by atoms with Crippen molar-refractivity contribution in [1.29, 1.82) is 0 Å². The fraction of sp³-hybridized carbons (Fsp3) is 0.611. The minimum Gasteiger partial charge on any atom is -0.441 e. The van der Waals surface area contributed by atoms with Gasteiger partial charge in [-0.05, 0) is 37.4 Å². The van der Waals surface area contributed by atoms with Crippen LogP contribution in [0.3, 0.4) is 0 Å². The molecule has 21 heavy (non-hydrogen) atoms. The number of aromatic nitrogens is 1. The van der Waals surface area contributed by atoms with Crippen LogP contribution in [0.1, 0.15) is 51.3 Å². The molecule has 1 aliphatic carbocycles. The number of para-hydroxylation sites is 2. The second-order valence-corrected chi connectivity index (χ2v) is 6.20. The maximum atomic E-state index is 5.92. The monoisotopic (exact) mass is 286 g/mol. The van der Waals surface area contributed by atoms with E-state index in [1.165, 1.54) is 38.5 Å². The summed E-state index contributed by atoms with van der Waals surface area (Å²) < 4.78 is 5.92. The van der Waals surface area contributed by atoms with Crippen LogP contribution in [0.15, 0.2) is 28.7 Å². The Bertz CT molecular complexity index is 522. The van der Waals surface area contributed by atoms with Gasteiger partial charge in [0.05, 0.1) is 0 Å². The molecule has 1 aromatic carbocycles. The average molecular weight is 286 g/mol. The van der Waals surface area contributed by atoms with Gasteiger partial charge in [0.15, 0.2) is 11.5 Å². The third-order valence-electron chi connectivity index (χ3n) is 4.67. The molecule has 0 saturated heterocycles. The molecule has 0 bridgehead atoms. The van der Waals surface area contributed by atoms with E-state index in [2.05, 4.69) is 17.2 Å². The standard InChI is InChI=1S/C18H26N2O/c1-2-19-16(14-9-5-3-4-6-10-14)13-18-20-15-11-7-8-12-17(15)21-18/h7-8,11-12,14,16,19H,2-6,9-10,13H2,1H3. The van der Waals surface area contributed by atoms with Crippen molar-refractivity contribution in [3.63, 3.8) is 0 Å². The van der Waals surface area contributed by atoms with Crippen LogP contribution in [-0.4, -0.2) is 17.6 Å². The molecule has 2 aromatic rings. The highest BCUT2D eigenvalue weighted by molar-refractivity contribution is 5.72. The van der Waals surface area contributed by atoms with E-state index in [1.54, 1.807) is 0 Å². The fourth-order valence-corrected chi connectivity index (χ4v) is 3.58. The molecule has 1 unspecified atom stereocenters. The lowest BCUT2D eigenvalue weighted by Gasteiger charge is -2.25. The SMILES string of the molecule is CCNC(Cc1nc2ccccc2o1)C1CCCCCC1. The molecule has 0 aliphatic heterocycles. The van der Waals surface area contributed by atoms with Crippen LogP contribution in [0.4, 0.5) is 0 Å². The van der Waals surface area contributed by atoms with Crippen molar-refractivity contribution in [1.82, 2.24) is 10.3 Å². The number of nitrogens with zero attached hydrogens (tertiary/aromatic N) is 1. The van der Waals surface area contributed by atoms with Crippen LogP contribution in [0, 0.1) is 5.92 Å². The molecular weight excluding hydrogens is 260 g/mol. The van der Waals surface area contributed by atoms with Gasteiger partial charge in [-0.25, -0.2) is 4.98 Å². The highest BCUT2D eigenvalue weighted by Crippen LogP contribution is 2.27. The summed E-state index contributed by atoms with van der Waals surface area (Å²) in [5.74, 6) is 1.65. The van der Waals surface area contributed by atoms with E-state index in [9.17, 15) is 0 Å². The minimum absolute atomic E-state index is 0.501. The van der Waals surface area contributed by atoms with Gasteiger partial charge >= 0.3 is 0 Å². The van der Waals surface area contributed by atoms with E-state index in [0.29, 0.717) is 6.04 Å². The zero-order valence-electron chi connectivity index (χ0n) is 13.0. The van der Waals surface area contributed by atoms with Gasteiger partial charge in [-0.1, -0.05) is 44.7 Å². The average Bonchev–Trinajstić information content (AvgIpc) is 2.71. The Hall–Kier alpha value is -1.35. The maximum absolute atomic E-state index is 5.92. The third-order valence-corrected chi connectivity index (χ3v) is 4.67. The first-order valence-electron chi connectivity index (χ1n) is 8.44. The lowest BCUT2D eigenvalue weighted by atomic mass is 9.89. The van der Waals surface area contributed by atoms with Crippen molar-refractivity contribution in [3.8, 4) is 0 Å². The molecular formula is C18H26N2O. The smallest absolute Gasteiger partial charge is 0.197 e. The first-order chi connectivity index (χ1) is 10.4. The van der Waals surface area contributed by atoms with Crippen LogP contribution in [0.5, 0.6) is 0 Å². The van der Waals surface area contributed by atoms with Gasteiger partial charge in [-0.15, -0.1) is 0 Å². The molecule has 3 rings (SSSR count). The van der Waals surface area contributed by atoms with Crippen LogP contribution in [-0.2, 0) is 6.42 Å². The lowest BCUT2D eigenvalue weighted by molar-refractivity contribution is 0.305. The summed E-state index contributed by atoms with van der Waals surface area (Å²) in [5, 5.41) is 3.67. The molecule has 1 heterocycles. The summed E-state index contributed by atoms with van der Waals surface area (Å²) in [4.78, 5) is 4.65. The van der Waals surface area contributed by atoms with Crippen LogP contribution < -0.4 is 5.32 Å². The number of likely N-dealkylation sites (N-methyl/N-ethyl adjacent to an activating group) is 1. The number of benzene rings is 1. The number of hydrogen-bond acceptors (Lipinski definition) is 3. The van der Waals surface area contributed by atoms with Crippen LogP contribution in [0.2, 0.25) is 0 Å². The second-order valence-electron chi connectivity index (χ2n) is 6.20. The molecule has 0 radical (unpaired) electrons. The highest BCUT2D eigenvalue weighted by atomic mass is 16.3. The maximum Gasteiger partial charge on any atom is 0.197 e. The number of rotatable bonds is 5. The summed E-state index contributed by atoms with van der Waals surface area (Å²) in [7, 11) is 0. The van der Waals surface area contributed by atoms with Crippen molar-refractivity contribution in [2.24, 2.45) is 5.92 Å². The first kappa shape index (κ1) is 14.6. The van der Waals surface area contributed by atoms with Crippen LogP contribution in [0.25, 0.3) is 11.1 Å². The Kier molecular flexibility index (Phi) is 4.91. The van der Waals surface area contributed by atoms with E-state index >= 15 is 0 Å². The van der Waals surface area contributed by atoms with Crippen molar-refractivity contribution < 1.29 is 4.42 Å². The minimum atomic E-state index is 0.501. The van der Waals surface area contributed by atoms with E-state index < -0.39 is 0 Å². The molecule has 1 aliphatic rings. The number of oxazole rings is 1. The molecule has 1 N–H and O–H groups in total. The third kappa shape index (κ3) is 3.65. The first-order valence-corrected chi connectivity index (χ1v) is 8.44. The van der Waals surface area contributed by atoms with Crippen molar-refractivity contribution >= 4 is 11.1 Å². The number of hydrogen-bond donors (Lipinski definition) is 1. The summed E-state index contributed by atoms with van der Waals surface area (Å²) in [5.41, 5.74) is 1.88. The predicted molar refractivity (Wildman–Crippen MR) is 86.4 cm³/mol. The van der Waals surface area contributed by atoms with Crippen molar-refractivity contribution in [2.45, 2.75) is 57.9 Å². The van der Waals surface area contributed by atoms with Gasteiger partial charge in [-0.2, -0.15) is 0 Å². The fourth-order valence-electron chi connectivity index (χ4n) is 3.58. The van der Waals surface area contributed by atoms with Gasteiger partial charge in [0, 0.05) is 12.5 Å². The van der Waals surface area contributed by atoms with E-state index in [0.717, 1.165) is 35.9 Å². The summed E-state index contributed by atoms with van der Waals surface area (Å²) in [6.07, 6.45) is 9.15. The zero-order valence-corrected chi connectivity index (χ0v) is 13.0.